The van der Waals surface area contributed by atoms with Crippen molar-refractivity contribution < 1.29 is 42.1 Å². The van der Waals surface area contributed by atoms with Gasteiger partial charge in [0.2, 0.25) is 0 Å². The average Bonchev–Trinajstić information content (AvgIpc) is 2.40. The van der Waals surface area contributed by atoms with Crippen LogP contribution >= 0.6 is 0 Å². The minimum absolute atomic E-state index is 0.389. The first-order chi connectivity index (χ1) is 12.8. The van der Waals surface area contributed by atoms with Crippen molar-refractivity contribution in [2.45, 2.75) is 96.8 Å². The minimum atomic E-state index is -4.87. The molecule has 2 unspecified atom stereocenters. The van der Waals surface area contributed by atoms with E-state index in [1.165, 1.54) is 0 Å². The Bertz CT molecular complexity index is 582. The van der Waals surface area contributed by atoms with E-state index in [1.54, 1.807) is 41.5 Å². The normalized spacial score (nSPS) is 15.8. The number of esters is 1. The van der Waals surface area contributed by atoms with Crippen molar-refractivity contribution in [2.24, 2.45) is 0 Å². The molecule has 0 aliphatic heterocycles. The van der Waals surface area contributed by atoms with Gasteiger partial charge in [0.05, 0.1) is 6.04 Å². The fraction of sp³-hybridized carbons (Fsp3) is 0.833. The van der Waals surface area contributed by atoms with Gasteiger partial charge in [-0.25, -0.2) is 4.79 Å². The molecule has 11 heteroatoms. The first-order valence-electron chi connectivity index (χ1n) is 9.09. The quantitative estimate of drug-likeness (QED) is 0.509. The van der Waals surface area contributed by atoms with Gasteiger partial charge in [-0.15, -0.1) is 0 Å². The van der Waals surface area contributed by atoms with Crippen molar-refractivity contribution >= 4 is 18.0 Å². The number of carbonyl (C=O) groups excluding carboxylic acids is 2. The van der Waals surface area contributed by atoms with Crippen molar-refractivity contribution in [1.29, 1.82) is 0 Å². The van der Waals surface area contributed by atoms with Gasteiger partial charge in [0.1, 0.15) is 23.3 Å². The highest BCUT2D eigenvalue weighted by Gasteiger charge is 2.46. The number of hydrogen-bond donors (Lipinski definition) is 3. The molecule has 3 atom stereocenters. The molecular formula is C18H31F3N2O6. The van der Waals surface area contributed by atoms with Gasteiger partial charge in [-0.3, -0.25) is 14.9 Å². The average molecular weight is 428 g/mol. The molecular weight excluding hydrogens is 397 g/mol. The van der Waals surface area contributed by atoms with E-state index in [0.717, 1.165) is 6.92 Å². The fourth-order valence-corrected chi connectivity index (χ4v) is 2.25. The molecule has 0 aliphatic rings. The molecule has 0 spiro atoms. The zero-order valence-electron chi connectivity index (χ0n) is 17.8. The van der Waals surface area contributed by atoms with E-state index in [1.807, 2.05) is 5.32 Å². The number of carbonyl (C=O) groups is 3. The molecule has 0 bridgehead atoms. The molecule has 170 valence electrons. The molecule has 8 nitrogen and oxygen atoms in total. The molecule has 0 aromatic rings. The van der Waals surface area contributed by atoms with Gasteiger partial charge in [-0.1, -0.05) is 0 Å². The van der Waals surface area contributed by atoms with Crippen LogP contribution in [0.25, 0.3) is 0 Å². The predicted octanol–water partition coefficient (Wildman–Crippen LogP) is 3.00. The molecule has 0 radical (unpaired) electrons. The summed E-state index contributed by atoms with van der Waals surface area (Å²) in [5.74, 6) is -2.29. The summed E-state index contributed by atoms with van der Waals surface area (Å²) in [6.07, 6.45) is -6.74. The summed E-state index contributed by atoms with van der Waals surface area (Å²) in [4.78, 5) is 34.9. The second kappa shape index (κ2) is 10.1. The van der Waals surface area contributed by atoms with Crippen molar-refractivity contribution in [1.82, 2.24) is 10.6 Å². The number of carboxylic acid groups (broad SMARTS) is 1. The maximum Gasteiger partial charge on any atom is 0.407 e. The Morgan fingerprint density at radius 3 is 1.83 bits per heavy atom. The van der Waals surface area contributed by atoms with Crippen molar-refractivity contribution in [3.63, 3.8) is 0 Å². The number of alkyl carbamates (subject to hydrolysis) is 1. The van der Waals surface area contributed by atoms with Gasteiger partial charge in [-0.2, -0.15) is 13.2 Å². The van der Waals surface area contributed by atoms with Crippen LogP contribution in [0.3, 0.4) is 0 Å². The van der Waals surface area contributed by atoms with E-state index in [4.69, 9.17) is 9.47 Å². The number of halogens is 3. The zero-order valence-corrected chi connectivity index (χ0v) is 17.8. The van der Waals surface area contributed by atoms with Gasteiger partial charge >= 0.3 is 24.2 Å². The highest BCUT2D eigenvalue weighted by Crippen LogP contribution is 2.24. The van der Waals surface area contributed by atoms with E-state index in [2.05, 4.69) is 5.32 Å². The summed E-state index contributed by atoms with van der Waals surface area (Å²) < 4.78 is 50.4. The largest absolute Gasteiger partial charge is 0.480 e. The summed E-state index contributed by atoms with van der Waals surface area (Å²) in [5.41, 5.74) is -1.72. The van der Waals surface area contributed by atoms with E-state index in [9.17, 15) is 32.7 Å². The van der Waals surface area contributed by atoms with Crippen LogP contribution in [0.4, 0.5) is 18.0 Å². The van der Waals surface area contributed by atoms with Gasteiger partial charge in [0.15, 0.2) is 0 Å². The van der Waals surface area contributed by atoms with Crippen LogP contribution in [0.2, 0.25) is 0 Å². The minimum Gasteiger partial charge on any atom is -0.480 e. The summed E-state index contributed by atoms with van der Waals surface area (Å²) in [5, 5.41) is 13.3. The Morgan fingerprint density at radius 2 is 1.45 bits per heavy atom. The molecule has 29 heavy (non-hydrogen) atoms. The lowest BCUT2D eigenvalue weighted by Crippen LogP contribution is -2.60. The summed E-state index contributed by atoms with van der Waals surface area (Å²) in [6, 6.07) is -5.60. The van der Waals surface area contributed by atoms with Gasteiger partial charge in [0, 0.05) is 6.42 Å². The first kappa shape index (κ1) is 27.0. The lowest BCUT2D eigenvalue weighted by molar-refractivity contribution is -0.166. The van der Waals surface area contributed by atoms with Gasteiger partial charge in [-0.05, 0) is 54.9 Å². The number of hydrogen-bond acceptors (Lipinski definition) is 6. The number of rotatable bonds is 8. The van der Waals surface area contributed by atoms with Crippen LogP contribution in [0.1, 0.15) is 61.3 Å². The lowest BCUT2D eigenvalue weighted by atomic mass is 10.1. The van der Waals surface area contributed by atoms with Crippen LogP contribution < -0.4 is 10.6 Å². The van der Waals surface area contributed by atoms with Gasteiger partial charge in [0.25, 0.3) is 0 Å². The molecule has 0 aromatic carbocycles. The van der Waals surface area contributed by atoms with E-state index in [0.29, 0.717) is 0 Å². The third-order valence-electron chi connectivity index (χ3n) is 3.33. The second-order valence-corrected chi connectivity index (χ2v) is 8.64. The predicted molar refractivity (Wildman–Crippen MR) is 98.3 cm³/mol. The molecule has 0 fully saturated rings. The first-order valence-corrected chi connectivity index (χ1v) is 9.09. The van der Waals surface area contributed by atoms with Gasteiger partial charge < -0.3 is 19.9 Å². The SMILES string of the molecule is CC(NC(=O)OC(C)(C)C)C(N[C@H](CCC(=O)OC(C)(C)C)C(=O)O)C(F)(F)F. The Kier molecular flexibility index (Phi) is 9.42. The fourth-order valence-electron chi connectivity index (χ4n) is 2.25. The third-order valence-corrected chi connectivity index (χ3v) is 3.33. The number of amides is 1. The van der Waals surface area contributed by atoms with Crippen LogP contribution in [0.15, 0.2) is 0 Å². The summed E-state index contributed by atoms with van der Waals surface area (Å²) >= 11 is 0. The maximum absolute atomic E-state index is 13.5. The number of carboxylic acids is 1. The standard InChI is InChI=1S/C18H31F3N2O6/c1-10(22-15(27)29-17(5,6)7)13(18(19,20)21)23-11(14(25)26)8-9-12(24)28-16(2,3)4/h10-11,13,23H,8-9H2,1-7H3,(H,22,27)(H,25,26)/t10?,11-,13?/m1/s1. The van der Waals surface area contributed by atoms with E-state index < -0.39 is 60.0 Å². The molecule has 0 rings (SSSR count). The zero-order chi connectivity index (χ0) is 23.2. The van der Waals surface area contributed by atoms with Crippen molar-refractivity contribution in [3.8, 4) is 0 Å². The van der Waals surface area contributed by atoms with E-state index >= 15 is 0 Å². The molecule has 0 heterocycles. The maximum atomic E-state index is 13.5. The number of alkyl halides is 3. The summed E-state index contributed by atoms with van der Waals surface area (Å²) in [6.45, 7) is 10.6. The number of aliphatic carboxylic acids is 1. The monoisotopic (exact) mass is 428 g/mol. The molecule has 0 saturated carbocycles. The molecule has 1 amide bonds. The van der Waals surface area contributed by atoms with Crippen molar-refractivity contribution in [3.05, 3.63) is 0 Å². The Morgan fingerprint density at radius 1 is 0.966 bits per heavy atom. The molecule has 0 aliphatic carbocycles. The molecule has 0 saturated heterocycles. The van der Waals surface area contributed by atoms with Crippen LogP contribution in [0, 0.1) is 0 Å². The van der Waals surface area contributed by atoms with Crippen molar-refractivity contribution in [2.75, 3.05) is 0 Å². The summed E-state index contributed by atoms with van der Waals surface area (Å²) in [7, 11) is 0. The molecule has 0 aromatic heterocycles. The lowest BCUT2D eigenvalue weighted by Gasteiger charge is -2.31. The second-order valence-electron chi connectivity index (χ2n) is 8.64. The van der Waals surface area contributed by atoms with E-state index in [-0.39, 0.29) is 6.42 Å². The smallest absolute Gasteiger partial charge is 0.407 e. The highest BCUT2D eigenvalue weighted by atomic mass is 19.4. The third kappa shape index (κ3) is 12.2. The Hall–Kier alpha value is -2.04. The topological polar surface area (TPSA) is 114 Å². The van der Waals surface area contributed by atoms with Crippen LogP contribution in [-0.2, 0) is 19.1 Å². The Labute approximate surface area is 168 Å². The molecule has 3 N–H and O–H groups in total. The highest BCUT2D eigenvalue weighted by molar-refractivity contribution is 5.75. The number of nitrogens with one attached hydrogen (secondary N) is 2. The van der Waals surface area contributed by atoms with Crippen LogP contribution in [0.5, 0.6) is 0 Å². The Balaban J connectivity index is 5.17. The number of ether oxygens (including phenoxy) is 2. The van der Waals surface area contributed by atoms with Crippen LogP contribution in [-0.4, -0.2) is 58.6 Å².